The van der Waals surface area contributed by atoms with E-state index in [1.54, 1.807) is 23.8 Å². The third-order valence-corrected chi connectivity index (χ3v) is 7.70. The van der Waals surface area contributed by atoms with Crippen LogP contribution in [-0.4, -0.2) is 32.0 Å². The van der Waals surface area contributed by atoms with Gasteiger partial charge in [-0.05, 0) is 81.0 Å². The number of carbonyl (C=O) groups is 1. The molecule has 0 bridgehead atoms. The number of amides is 1. The van der Waals surface area contributed by atoms with Gasteiger partial charge in [-0.15, -0.1) is 0 Å². The highest BCUT2D eigenvalue weighted by Crippen LogP contribution is 2.42. The van der Waals surface area contributed by atoms with Crippen LogP contribution >= 0.6 is 12.2 Å². The quantitative estimate of drug-likeness (QED) is 0.236. The van der Waals surface area contributed by atoms with E-state index in [9.17, 15) is 18.0 Å². The number of nitrogens with zero attached hydrogens (tertiary/aromatic N) is 3. The van der Waals surface area contributed by atoms with E-state index >= 15 is 0 Å². The second-order valence-electron chi connectivity index (χ2n) is 10.2. The van der Waals surface area contributed by atoms with E-state index < -0.39 is 17.8 Å². The predicted octanol–water partition coefficient (Wildman–Crippen LogP) is 6.82. The smallest absolute Gasteiger partial charge is 0.352 e. The average Bonchev–Trinajstić information content (AvgIpc) is 3.42. The molecule has 0 aliphatic carbocycles. The Hall–Kier alpha value is -4.18. The van der Waals surface area contributed by atoms with Crippen molar-refractivity contribution in [3.05, 3.63) is 113 Å². The van der Waals surface area contributed by atoms with Gasteiger partial charge in [0.15, 0.2) is 5.11 Å². The minimum Gasteiger partial charge on any atom is -0.352 e. The predicted molar refractivity (Wildman–Crippen MR) is 157 cm³/mol. The molecule has 1 amide bonds. The van der Waals surface area contributed by atoms with Crippen molar-refractivity contribution in [2.45, 2.75) is 45.5 Å². The first-order valence-electron chi connectivity index (χ1n) is 13.2. The largest absolute Gasteiger partial charge is 0.418 e. The van der Waals surface area contributed by atoms with E-state index in [0.717, 1.165) is 22.9 Å². The molecule has 212 valence electrons. The molecule has 6 nitrogen and oxygen atoms in total. The van der Waals surface area contributed by atoms with Crippen LogP contribution in [0.4, 0.5) is 18.9 Å². The third-order valence-electron chi connectivity index (χ3n) is 7.35. The fourth-order valence-electron chi connectivity index (χ4n) is 5.43. The highest BCUT2D eigenvalue weighted by molar-refractivity contribution is 7.80. The van der Waals surface area contributed by atoms with Gasteiger partial charge in [-0.1, -0.05) is 35.9 Å². The summed E-state index contributed by atoms with van der Waals surface area (Å²) < 4.78 is 43.5. The van der Waals surface area contributed by atoms with Crippen molar-refractivity contribution in [1.82, 2.24) is 19.8 Å². The summed E-state index contributed by atoms with van der Waals surface area (Å²) in [5, 5.41) is 6.73. The minimum absolute atomic E-state index is 0.0631. The number of aryl methyl sites for hydroxylation is 2. The van der Waals surface area contributed by atoms with E-state index in [1.165, 1.54) is 12.1 Å². The highest BCUT2D eigenvalue weighted by atomic mass is 32.1. The summed E-state index contributed by atoms with van der Waals surface area (Å²) in [5.41, 5.74) is 4.02. The van der Waals surface area contributed by atoms with E-state index in [1.807, 2.05) is 67.3 Å². The Balaban J connectivity index is 1.51. The monoisotopic (exact) mass is 577 g/mol. The van der Waals surface area contributed by atoms with E-state index in [4.69, 9.17) is 12.2 Å². The Morgan fingerprint density at radius 2 is 1.73 bits per heavy atom. The van der Waals surface area contributed by atoms with Crippen molar-refractivity contribution in [2.75, 3.05) is 11.9 Å². The van der Waals surface area contributed by atoms with E-state index in [2.05, 4.69) is 15.6 Å². The SMILES string of the molecule is Cc1ccc(NC(=O)CCN2C(=S)NC(c3ccccn3)C2c2cc(C)n(-c3ccccc3C(F)(F)F)c2C)cc1. The normalized spacial score (nSPS) is 17.0. The number of anilines is 1. The first-order valence-corrected chi connectivity index (χ1v) is 13.7. The summed E-state index contributed by atoms with van der Waals surface area (Å²) in [6, 6.07) is 19.8. The van der Waals surface area contributed by atoms with Gasteiger partial charge in [0.1, 0.15) is 0 Å². The van der Waals surface area contributed by atoms with Gasteiger partial charge >= 0.3 is 6.18 Å². The molecule has 2 unspecified atom stereocenters. The lowest BCUT2D eigenvalue weighted by atomic mass is 9.96. The topological polar surface area (TPSA) is 62.2 Å². The first-order chi connectivity index (χ1) is 19.5. The summed E-state index contributed by atoms with van der Waals surface area (Å²) in [5.74, 6) is -0.165. The van der Waals surface area contributed by atoms with Crippen molar-refractivity contribution in [3.63, 3.8) is 0 Å². The fraction of sp³-hybridized carbons (Fsp3) is 0.258. The second-order valence-corrected chi connectivity index (χ2v) is 10.5. The molecule has 1 aliphatic heterocycles. The number of aromatic nitrogens is 2. The van der Waals surface area contributed by atoms with Gasteiger partial charge in [-0.25, -0.2) is 0 Å². The molecule has 3 heterocycles. The zero-order valence-electron chi connectivity index (χ0n) is 22.9. The number of alkyl halides is 3. The lowest BCUT2D eigenvalue weighted by molar-refractivity contribution is -0.137. The molecule has 0 radical (unpaired) electrons. The molecular weight excluding hydrogens is 547 g/mol. The van der Waals surface area contributed by atoms with Crippen LogP contribution in [-0.2, 0) is 11.0 Å². The highest BCUT2D eigenvalue weighted by Gasteiger charge is 2.42. The van der Waals surface area contributed by atoms with Crippen LogP contribution < -0.4 is 10.6 Å². The number of benzene rings is 2. The van der Waals surface area contributed by atoms with Gasteiger partial charge in [0.2, 0.25) is 5.91 Å². The fourth-order valence-corrected chi connectivity index (χ4v) is 5.77. The summed E-state index contributed by atoms with van der Waals surface area (Å²) >= 11 is 5.74. The van der Waals surface area contributed by atoms with Gasteiger partial charge in [-0.3, -0.25) is 9.78 Å². The maximum atomic E-state index is 14.0. The Bertz CT molecular complexity index is 1570. The maximum absolute atomic E-state index is 14.0. The number of pyridine rings is 1. The Morgan fingerprint density at radius 3 is 2.41 bits per heavy atom. The van der Waals surface area contributed by atoms with Gasteiger partial charge in [0.05, 0.1) is 29.0 Å². The number of carbonyl (C=O) groups excluding carboxylic acids is 1. The number of para-hydroxylation sites is 1. The number of thiocarbonyl (C=S) groups is 1. The van der Waals surface area contributed by atoms with Crippen molar-refractivity contribution < 1.29 is 18.0 Å². The molecule has 1 saturated heterocycles. The van der Waals surface area contributed by atoms with Gasteiger partial charge in [0, 0.05) is 36.2 Å². The number of rotatable bonds is 7. The van der Waals surface area contributed by atoms with Crippen LogP contribution in [0.5, 0.6) is 0 Å². The molecule has 4 aromatic rings. The zero-order valence-corrected chi connectivity index (χ0v) is 23.7. The molecule has 0 saturated carbocycles. The molecule has 5 rings (SSSR count). The molecule has 2 atom stereocenters. The molecule has 1 aliphatic rings. The van der Waals surface area contributed by atoms with Crippen molar-refractivity contribution in [2.24, 2.45) is 0 Å². The molecule has 0 spiro atoms. The lowest BCUT2D eigenvalue weighted by Crippen LogP contribution is -2.32. The van der Waals surface area contributed by atoms with Crippen LogP contribution in [0, 0.1) is 20.8 Å². The third kappa shape index (κ3) is 5.83. The van der Waals surface area contributed by atoms with Crippen molar-refractivity contribution >= 4 is 28.9 Å². The Kier molecular flexibility index (Phi) is 7.86. The maximum Gasteiger partial charge on any atom is 0.418 e. The van der Waals surface area contributed by atoms with Crippen LogP contribution in [0.15, 0.2) is 79.0 Å². The molecule has 2 aromatic carbocycles. The zero-order chi connectivity index (χ0) is 29.3. The minimum atomic E-state index is -4.51. The van der Waals surface area contributed by atoms with Gasteiger partial charge < -0.3 is 20.1 Å². The van der Waals surface area contributed by atoms with Crippen LogP contribution in [0.1, 0.15) is 52.3 Å². The molecule has 41 heavy (non-hydrogen) atoms. The summed E-state index contributed by atoms with van der Waals surface area (Å²) in [6.07, 6.45) is -2.65. The number of hydrogen-bond acceptors (Lipinski definition) is 3. The average molecular weight is 578 g/mol. The number of nitrogens with one attached hydrogen (secondary N) is 2. The van der Waals surface area contributed by atoms with E-state index in [0.29, 0.717) is 28.7 Å². The van der Waals surface area contributed by atoms with E-state index in [-0.39, 0.29) is 24.1 Å². The molecule has 10 heteroatoms. The Morgan fingerprint density at radius 1 is 1.02 bits per heavy atom. The second kappa shape index (κ2) is 11.4. The Labute approximate surface area is 242 Å². The van der Waals surface area contributed by atoms with Crippen molar-refractivity contribution in [3.8, 4) is 5.69 Å². The van der Waals surface area contributed by atoms with Crippen molar-refractivity contribution in [1.29, 1.82) is 0 Å². The first kappa shape index (κ1) is 28.4. The summed E-state index contributed by atoms with van der Waals surface area (Å²) in [7, 11) is 0. The standard InChI is InChI=1S/C31H30F3N5OS/c1-19-11-13-22(14-12-19)36-27(40)15-17-38-29(28(37-30(38)41)25-9-6-7-16-35-25)23-18-20(2)39(21(23)3)26-10-5-4-8-24(26)31(32,33)34/h4-14,16,18,28-29H,15,17H2,1-3H3,(H,36,40)(H,37,41). The van der Waals surface area contributed by atoms with Crippen LogP contribution in [0.25, 0.3) is 5.69 Å². The molecule has 2 N–H and O–H groups in total. The number of halogens is 3. The summed E-state index contributed by atoms with van der Waals surface area (Å²) in [4.78, 5) is 19.4. The van der Waals surface area contributed by atoms with Crippen LogP contribution in [0.2, 0.25) is 0 Å². The van der Waals surface area contributed by atoms with Gasteiger partial charge in [-0.2, -0.15) is 13.2 Å². The summed E-state index contributed by atoms with van der Waals surface area (Å²) in [6.45, 7) is 5.89. The van der Waals surface area contributed by atoms with Crippen LogP contribution in [0.3, 0.4) is 0 Å². The molecular formula is C31H30F3N5OS. The lowest BCUT2D eigenvalue weighted by Gasteiger charge is -2.28. The molecule has 1 fully saturated rings. The number of hydrogen-bond donors (Lipinski definition) is 2. The molecule has 2 aromatic heterocycles. The van der Waals surface area contributed by atoms with Gasteiger partial charge in [0.25, 0.3) is 0 Å².